The van der Waals surface area contributed by atoms with Crippen LogP contribution in [0.3, 0.4) is 0 Å². The maximum Gasteiger partial charge on any atom is 0.410 e. The number of benzene rings is 1. The first-order chi connectivity index (χ1) is 14.4. The van der Waals surface area contributed by atoms with Gasteiger partial charge in [0.2, 0.25) is 10.0 Å². The van der Waals surface area contributed by atoms with Crippen LogP contribution < -0.4 is 0 Å². The van der Waals surface area contributed by atoms with Crippen molar-refractivity contribution in [2.75, 3.05) is 39.3 Å². The first kappa shape index (κ1) is 21.8. The minimum atomic E-state index is -3.68. The fourth-order valence-corrected chi connectivity index (χ4v) is 6.85. The number of nitrogens with zero attached hydrogens (tertiary/aromatic N) is 3. The molecule has 3 atom stereocenters. The van der Waals surface area contributed by atoms with E-state index in [4.69, 9.17) is 21.4 Å². The number of aliphatic hydroxyl groups excluding tert-OH is 1. The molecule has 0 aromatic heterocycles. The number of piperidine rings is 1. The second-order valence-electron chi connectivity index (χ2n) is 8.14. The summed E-state index contributed by atoms with van der Waals surface area (Å²) < 4.78 is 34.0. The van der Waals surface area contributed by atoms with Crippen molar-refractivity contribution in [1.82, 2.24) is 14.1 Å². The molecular weight excluding hydrogens is 430 g/mol. The number of piperazine rings is 1. The number of rotatable bonds is 5. The molecule has 0 radical (unpaired) electrons. The number of hydrogen-bond donors (Lipinski definition) is 1. The summed E-state index contributed by atoms with van der Waals surface area (Å²) in [7, 11) is -3.68. The van der Waals surface area contributed by atoms with Gasteiger partial charge in [0.1, 0.15) is 6.10 Å². The molecule has 2 bridgehead atoms. The second-order valence-corrected chi connectivity index (χ2v) is 10.4. The Bertz CT molecular complexity index is 858. The Morgan fingerprint density at radius 3 is 2.40 bits per heavy atom. The number of halogens is 1. The third-order valence-electron chi connectivity index (χ3n) is 6.38. The number of fused-ring (bicyclic) bond motifs is 2. The van der Waals surface area contributed by atoms with E-state index in [1.165, 1.54) is 12.1 Å². The van der Waals surface area contributed by atoms with E-state index in [-0.39, 0.29) is 29.7 Å². The van der Waals surface area contributed by atoms with Crippen molar-refractivity contribution in [1.29, 1.82) is 0 Å². The van der Waals surface area contributed by atoms with Crippen molar-refractivity contribution in [2.45, 2.75) is 48.8 Å². The van der Waals surface area contributed by atoms with E-state index in [0.717, 1.165) is 6.42 Å². The van der Waals surface area contributed by atoms with Gasteiger partial charge in [-0.25, -0.2) is 13.2 Å². The minimum absolute atomic E-state index is 0.0485. The number of amides is 1. The average Bonchev–Trinajstić information content (AvgIpc) is 3.07. The number of carbonyl (C=O) groups excluding carboxylic acids is 1. The molecule has 30 heavy (non-hydrogen) atoms. The molecule has 2 unspecified atom stereocenters. The predicted molar refractivity (Wildman–Crippen MR) is 112 cm³/mol. The van der Waals surface area contributed by atoms with Gasteiger partial charge in [0.15, 0.2) is 0 Å². The molecule has 4 rings (SSSR count). The largest absolute Gasteiger partial charge is 0.444 e. The molecule has 3 fully saturated rings. The molecule has 3 aliphatic heterocycles. The zero-order valence-corrected chi connectivity index (χ0v) is 18.4. The summed E-state index contributed by atoms with van der Waals surface area (Å²) in [5.74, 6) is 0. The molecule has 0 aliphatic carbocycles. The summed E-state index contributed by atoms with van der Waals surface area (Å²) in [5, 5.41) is 9.54. The summed E-state index contributed by atoms with van der Waals surface area (Å²) in [5.41, 5.74) is 0. The standard InChI is InChI=1S/C20H28ClN3O5S/c21-15-1-5-17(6-2-15)30(27,28)24-16-3-7-18(24)19(8-4-16)29-20(26)23-11-9-22(10-12-23)13-14-25/h1-2,5-6,16,18-19,25H,3-4,7-14H2/t16?,18?,19-/m0/s1. The molecule has 3 saturated heterocycles. The van der Waals surface area contributed by atoms with Gasteiger partial charge in [-0.1, -0.05) is 11.6 Å². The Morgan fingerprint density at radius 2 is 1.73 bits per heavy atom. The summed E-state index contributed by atoms with van der Waals surface area (Å²) in [6, 6.07) is 5.83. The molecule has 1 aromatic carbocycles. The van der Waals surface area contributed by atoms with E-state index in [0.29, 0.717) is 57.0 Å². The van der Waals surface area contributed by atoms with E-state index in [1.54, 1.807) is 21.3 Å². The van der Waals surface area contributed by atoms with Crippen LogP contribution in [0.5, 0.6) is 0 Å². The van der Waals surface area contributed by atoms with Crippen molar-refractivity contribution in [3.8, 4) is 0 Å². The zero-order chi connectivity index (χ0) is 21.3. The third-order valence-corrected chi connectivity index (χ3v) is 8.63. The molecular formula is C20H28ClN3O5S. The molecule has 8 nitrogen and oxygen atoms in total. The van der Waals surface area contributed by atoms with E-state index in [2.05, 4.69) is 4.90 Å². The fraction of sp³-hybridized carbons (Fsp3) is 0.650. The van der Waals surface area contributed by atoms with Gasteiger partial charge in [0, 0.05) is 43.8 Å². The quantitative estimate of drug-likeness (QED) is 0.724. The minimum Gasteiger partial charge on any atom is -0.444 e. The van der Waals surface area contributed by atoms with Crippen LogP contribution in [0, 0.1) is 0 Å². The van der Waals surface area contributed by atoms with Crippen molar-refractivity contribution >= 4 is 27.7 Å². The number of ether oxygens (including phenoxy) is 1. The Kier molecular flexibility index (Phi) is 6.55. The summed E-state index contributed by atoms with van der Waals surface area (Å²) in [6.45, 7) is 3.20. The molecule has 1 amide bonds. The summed E-state index contributed by atoms with van der Waals surface area (Å²) in [6.07, 6.45) is 2.03. The van der Waals surface area contributed by atoms with Crippen molar-refractivity contribution < 1.29 is 23.1 Å². The lowest BCUT2D eigenvalue weighted by Gasteiger charge is -2.40. The highest BCUT2D eigenvalue weighted by molar-refractivity contribution is 7.89. The smallest absolute Gasteiger partial charge is 0.410 e. The van der Waals surface area contributed by atoms with Gasteiger partial charge in [-0.2, -0.15) is 4.31 Å². The van der Waals surface area contributed by atoms with Gasteiger partial charge in [0.25, 0.3) is 0 Å². The predicted octanol–water partition coefficient (Wildman–Crippen LogP) is 1.77. The number of β-amino-alcohol motifs (C(OH)–C–C–N with tert-alkyl or cyclic N) is 1. The van der Waals surface area contributed by atoms with E-state index in [1.807, 2.05) is 0 Å². The fourth-order valence-electron chi connectivity index (χ4n) is 4.80. The highest BCUT2D eigenvalue weighted by Crippen LogP contribution is 2.41. The van der Waals surface area contributed by atoms with Crippen molar-refractivity contribution in [2.24, 2.45) is 0 Å². The first-order valence-electron chi connectivity index (χ1n) is 10.5. The molecule has 0 saturated carbocycles. The summed E-state index contributed by atoms with van der Waals surface area (Å²) >= 11 is 5.91. The molecule has 3 aliphatic rings. The topological polar surface area (TPSA) is 90.4 Å². The van der Waals surface area contributed by atoms with E-state index < -0.39 is 16.1 Å². The Hall–Kier alpha value is -1.39. The Labute approximate surface area is 182 Å². The number of aliphatic hydroxyl groups is 1. The number of hydrogen-bond acceptors (Lipinski definition) is 6. The van der Waals surface area contributed by atoms with Gasteiger partial charge >= 0.3 is 6.09 Å². The Morgan fingerprint density at radius 1 is 1.07 bits per heavy atom. The molecule has 1 aromatic rings. The maximum absolute atomic E-state index is 13.3. The Balaban J connectivity index is 1.43. The lowest BCUT2D eigenvalue weighted by molar-refractivity contribution is 0.00332. The highest BCUT2D eigenvalue weighted by Gasteiger charge is 2.50. The molecule has 3 heterocycles. The normalized spacial score (nSPS) is 27.9. The lowest BCUT2D eigenvalue weighted by atomic mass is 10.0. The average molecular weight is 458 g/mol. The number of sulfonamides is 1. The monoisotopic (exact) mass is 457 g/mol. The van der Waals surface area contributed by atoms with Gasteiger partial charge in [-0.05, 0) is 49.9 Å². The van der Waals surface area contributed by atoms with Crippen LogP contribution in [0.25, 0.3) is 0 Å². The van der Waals surface area contributed by atoms with Crippen LogP contribution >= 0.6 is 11.6 Å². The molecule has 0 spiro atoms. The van der Waals surface area contributed by atoms with E-state index in [9.17, 15) is 13.2 Å². The van der Waals surface area contributed by atoms with Gasteiger partial charge in [-0.3, -0.25) is 4.90 Å². The SMILES string of the molecule is O=C(O[C@H]1CCC2CCC1N2S(=O)(=O)c1ccc(Cl)cc1)N1CCN(CCO)CC1. The van der Waals surface area contributed by atoms with Crippen LogP contribution in [-0.2, 0) is 14.8 Å². The van der Waals surface area contributed by atoms with Crippen molar-refractivity contribution in [3.63, 3.8) is 0 Å². The first-order valence-corrected chi connectivity index (χ1v) is 12.3. The van der Waals surface area contributed by atoms with Crippen molar-refractivity contribution in [3.05, 3.63) is 29.3 Å². The second kappa shape index (κ2) is 9.00. The molecule has 1 N–H and O–H groups in total. The molecule has 166 valence electrons. The van der Waals surface area contributed by atoms with Crippen LogP contribution in [0.15, 0.2) is 29.2 Å². The third kappa shape index (κ3) is 4.31. The van der Waals surface area contributed by atoms with Gasteiger partial charge in [-0.15, -0.1) is 0 Å². The van der Waals surface area contributed by atoms with E-state index >= 15 is 0 Å². The van der Waals surface area contributed by atoms with Crippen LogP contribution in [-0.4, -0.2) is 91.2 Å². The van der Waals surface area contributed by atoms with Crippen LogP contribution in [0.4, 0.5) is 4.79 Å². The highest BCUT2D eigenvalue weighted by atomic mass is 35.5. The molecule has 10 heteroatoms. The number of carbonyl (C=O) groups is 1. The summed E-state index contributed by atoms with van der Waals surface area (Å²) in [4.78, 5) is 16.7. The zero-order valence-electron chi connectivity index (χ0n) is 16.8. The van der Waals surface area contributed by atoms with Crippen LogP contribution in [0.2, 0.25) is 5.02 Å². The lowest BCUT2D eigenvalue weighted by Crippen LogP contribution is -2.54. The van der Waals surface area contributed by atoms with Gasteiger partial charge < -0.3 is 14.7 Å². The van der Waals surface area contributed by atoms with Gasteiger partial charge in [0.05, 0.1) is 17.5 Å². The maximum atomic E-state index is 13.3. The van der Waals surface area contributed by atoms with Crippen LogP contribution in [0.1, 0.15) is 25.7 Å².